The molecule has 3 rings (SSSR count). The van der Waals surface area contributed by atoms with Crippen molar-refractivity contribution in [2.24, 2.45) is 0 Å². The first-order valence-corrected chi connectivity index (χ1v) is 8.72. The number of carbonyl (C=O) groups excluding carboxylic acids is 1. The number of rotatable bonds is 6. The van der Waals surface area contributed by atoms with E-state index in [1.54, 1.807) is 25.3 Å². The summed E-state index contributed by atoms with van der Waals surface area (Å²) in [5.41, 5.74) is 0.560. The first-order chi connectivity index (χ1) is 12.6. The summed E-state index contributed by atoms with van der Waals surface area (Å²) in [5, 5.41) is 4.92. The number of hydrogen-bond acceptors (Lipinski definition) is 4. The van der Waals surface area contributed by atoms with Gasteiger partial charge in [0.05, 0.1) is 19.9 Å². The van der Waals surface area contributed by atoms with Gasteiger partial charge in [0.2, 0.25) is 0 Å². The number of nitrogens with one attached hydrogen (secondary N) is 1. The van der Waals surface area contributed by atoms with Gasteiger partial charge in [-0.05, 0) is 47.2 Å². The lowest BCUT2D eigenvalue weighted by molar-refractivity contribution is -0.118. The normalized spacial score (nSPS) is 10.4. The highest BCUT2D eigenvalue weighted by Gasteiger charge is 2.10. The minimum absolute atomic E-state index is 0.1000. The van der Waals surface area contributed by atoms with E-state index in [0.29, 0.717) is 22.9 Å². The fourth-order valence-electron chi connectivity index (χ4n) is 2.52. The van der Waals surface area contributed by atoms with Crippen molar-refractivity contribution in [2.75, 3.05) is 26.1 Å². The highest BCUT2D eigenvalue weighted by Crippen LogP contribution is 2.29. The Hall–Kier alpha value is -2.73. The Balaban J connectivity index is 1.65. The minimum atomic E-state index is -0.274. The number of ether oxygens (including phenoxy) is 3. The molecule has 0 aliphatic heterocycles. The molecule has 0 fully saturated rings. The van der Waals surface area contributed by atoms with E-state index in [0.717, 1.165) is 15.2 Å². The lowest BCUT2D eigenvalue weighted by atomic mass is 10.1. The van der Waals surface area contributed by atoms with E-state index >= 15 is 0 Å². The topological polar surface area (TPSA) is 56.8 Å². The molecule has 0 bridgehead atoms. The molecule has 5 nitrogen and oxygen atoms in total. The van der Waals surface area contributed by atoms with Crippen LogP contribution in [0, 0.1) is 0 Å². The van der Waals surface area contributed by atoms with Crippen molar-refractivity contribution in [2.45, 2.75) is 0 Å². The summed E-state index contributed by atoms with van der Waals surface area (Å²) >= 11 is 3.45. The molecule has 3 aromatic rings. The molecular weight excluding hydrogens is 398 g/mol. The average molecular weight is 416 g/mol. The maximum absolute atomic E-state index is 12.2. The second kappa shape index (κ2) is 8.10. The highest BCUT2D eigenvalue weighted by atomic mass is 79.9. The van der Waals surface area contributed by atoms with Gasteiger partial charge in [-0.3, -0.25) is 4.79 Å². The molecule has 0 spiro atoms. The van der Waals surface area contributed by atoms with Gasteiger partial charge in [-0.25, -0.2) is 0 Å². The van der Waals surface area contributed by atoms with Crippen LogP contribution >= 0.6 is 15.9 Å². The van der Waals surface area contributed by atoms with Crippen LogP contribution in [0.4, 0.5) is 5.69 Å². The first kappa shape index (κ1) is 18.1. The summed E-state index contributed by atoms with van der Waals surface area (Å²) in [6.45, 7) is -0.1000. The van der Waals surface area contributed by atoms with Gasteiger partial charge < -0.3 is 19.5 Å². The molecular formula is C20H18BrNO4. The molecule has 0 aliphatic rings. The fraction of sp³-hybridized carbons (Fsp3) is 0.150. The zero-order valence-electron chi connectivity index (χ0n) is 14.4. The Morgan fingerprint density at radius 1 is 0.923 bits per heavy atom. The van der Waals surface area contributed by atoms with Gasteiger partial charge in [-0.2, -0.15) is 0 Å². The van der Waals surface area contributed by atoms with Crippen LogP contribution in [0.15, 0.2) is 59.1 Å². The van der Waals surface area contributed by atoms with Crippen molar-refractivity contribution in [1.82, 2.24) is 0 Å². The summed E-state index contributed by atoms with van der Waals surface area (Å²) in [6.07, 6.45) is 0. The molecule has 6 heteroatoms. The fourth-order valence-corrected chi connectivity index (χ4v) is 2.90. The molecule has 134 valence electrons. The highest BCUT2D eigenvalue weighted by molar-refractivity contribution is 9.10. The Morgan fingerprint density at radius 2 is 1.65 bits per heavy atom. The Morgan fingerprint density at radius 3 is 2.42 bits per heavy atom. The summed E-state index contributed by atoms with van der Waals surface area (Å²) in [6, 6.07) is 16.9. The van der Waals surface area contributed by atoms with Gasteiger partial charge in [0.15, 0.2) is 6.61 Å². The molecule has 1 N–H and O–H groups in total. The molecule has 0 radical (unpaired) electrons. The van der Waals surface area contributed by atoms with Gasteiger partial charge in [-0.15, -0.1) is 0 Å². The van der Waals surface area contributed by atoms with Gasteiger partial charge in [0.1, 0.15) is 17.2 Å². The Kier molecular flexibility index (Phi) is 5.63. The molecule has 1 amide bonds. The van der Waals surface area contributed by atoms with Crippen molar-refractivity contribution < 1.29 is 19.0 Å². The van der Waals surface area contributed by atoms with Crippen LogP contribution in [0.3, 0.4) is 0 Å². The van der Waals surface area contributed by atoms with Crippen molar-refractivity contribution >= 4 is 38.3 Å². The maximum atomic E-state index is 12.2. The summed E-state index contributed by atoms with van der Waals surface area (Å²) in [7, 11) is 3.11. The lowest BCUT2D eigenvalue weighted by Gasteiger charge is -2.12. The van der Waals surface area contributed by atoms with Crippen LogP contribution in [0.5, 0.6) is 17.2 Å². The van der Waals surface area contributed by atoms with Crippen LogP contribution in [0.1, 0.15) is 0 Å². The molecule has 0 aromatic heterocycles. The van der Waals surface area contributed by atoms with Gasteiger partial charge >= 0.3 is 0 Å². The second-order valence-corrected chi connectivity index (χ2v) is 6.47. The van der Waals surface area contributed by atoms with Crippen LogP contribution in [-0.2, 0) is 4.79 Å². The number of halogens is 1. The monoisotopic (exact) mass is 415 g/mol. The quantitative estimate of drug-likeness (QED) is 0.637. The van der Waals surface area contributed by atoms with Crippen molar-refractivity contribution in [3.63, 3.8) is 0 Å². The molecule has 0 saturated carbocycles. The summed E-state index contributed by atoms with van der Waals surface area (Å²) in [5.74, 6) is 1.54. The third-order valence-electron chi connectivity index (χ3n) is 3.83. The number of carbonyl (C=O) groups is 1. The zero-order chi connectivity index (χ0) is 18.5. The van der Waals surface area contributed by atoms with Crippen molar-refractivity contribution in [3.05, 3.63) is 59.1 Å². The molecule has 0 aliphatic carbocycles. The zero-order valence-corrected chi connectivity index (χ0v) is 16.0. The van der Waals surface area contributed by atoms with Crippen LogP contribution < -0.4 is 19.5 Å². The lowest BCUT2D eigenvalue weighted by Crippen LogP contribution is -2.20. The second-order valence-electron chi connectivity index (χ2n) is 5.56. The predicted octanol–water partition coefficient (Wildman–Crippen LogP) is 4.64. The molecule has 3 aromatic carbocycles. The minimum Gasteiger partial charge on any atom is -0.497 e. The maximum Gasteiger partial charge on any atom is 0.262 e. The largest absolute Gasteiger partial charge is 0.497 e. The number of benzene rings is 3. The van der Waals surface area contributed by atoms with E-state index < -0.39 is 0 Å². The van der Waals surface area contributed by atoms with E-state index in [9.17, 15) is 4.79 Å². The number of amides is 1. The molecule has 26 heavy (non-hydrogen) atoms. The van der Waals surface area contributed by atoms with E-state index in [4.69, 9.17) is 14.2 Å². The number of hydrogen-bond donors (Lipinski definition) is 1. The molecule has 0 atom stereocenters. The standard InChI is InChI=1S/C20H18BrNO4/c1-24-16-7-8-18(19(11-16)25-2)22-20(23)12-26-17-6-4-13-9-15(21)5-3-14(13)10-17/h3-11H,12H2,1-2H3,(H,22,23). The average Bonchev–Trinajstić information content (AvgIpc) is 2.66. The van der Waals surface area contributed by atoms with Gasteiger partial charge in [-0.1, -0.05) is 28.1 Å². The third kappa shape index (κ3) is 4.26. The Labute approximate surface area is 160 Å². The SMILES string of the molecule is COc1ccc(NC(=O)COc2ccc3cc(Br)ccc3c2)c(OC)c1. The Bertz CT molecular complexity index is 942. The van der Waals surface area contributed by atoms with Gasteiger partial charge in [0.25, 0.3) is 5.91 Å². The molecule has 0 saturated heterocycles. The molecule has 0 heterocycles. The van der Waals surface area contributed by atoms with Crippen LogP contribution in [0.2, 0.25) is 0 Å². The predicted molar refractivity (Wildman–Crippen MR) is 105 cm³/mol. The smallest absolute Gasteiger partial charge is 0.262 e. The van der Waals surface area contributed by atoms with E-state index in [2.05, 4.69) is 21.2 Å². The first-order valence-electron chi connectivity index (χ1n) is 7.93. The molecule has 0 unspecified atom stereocenters. The van der Waals surface area contributed by atoms with E-state index in [1.165, 1.54) is 7.11 Å². The number of methoxy groups -OCH3 is 2. The number of fused-ring (bicyclic) bond motifs is 1. The van der Waals surface area contributed by atoms with E-state index in [-0.39, 0.29) is 12.5 Å². The summed E-state index contributed by atoms with van der Waals surface area (Å²) in [4.78, 5) is 12.2. The van der Waals surface area contributed by atoms with Crippen molar-refractivity contribution in [3.8, 4) is 17.2 Å². The van der Waals surface area contributed by atoms with Crippen LogP contribution in [0.25, 0.3) is 10.8 Å². The van der Waals surface area contributed by atoms with Crippen molar-refractivity contribution in [1.29, 1.82) is 0 Å². The van der Waals surface area contributed by atoms with E-state index in [1.807, 2.05) is 36.4 Å². The van der Waals surface area contributed by atoms with Gasteiger partial charge in [0, 0.05) is 10.5 Å². The van der Waals surface area contributed by atoms with Crippen LogP contribution in [-0.4, -0.2) is 26.7 Å². The summed E-state index contributed by atoms with van der Waals surface area (Å²) < 4.78 is 17.0. The third-order valence-corrected chi connectivity index (χ3v) is 4.32. The number of anilines is 1.